The Morgan fingerprint density at radius 3 is 2.70 bits per heavy atom. The summed E-state index contributed by atoms with van der Waals surface area (Å²) >= 11 is 1.36. The van der Waals surface area contributed by atoms with Gasteiger partial charge in [0.1, 0.15) is 10.8 Å². The van der Waals surface area contributed by atoms with Gasteiger partial charge in [-0.1, -0.05) is 17.8 Å². The fourth-order valence-electron chi connectivity index (χ4n) is 3.70. The molecular weight excluding hydrogens is 398 g/mol. The van der Waals surface area contributed by atoms with Crippen molar-refractivity contribution >= 4 is 17.5 Å². The van der Waals surface area contributed by atoms with E-state index in [2.05, 4.69) is 9.97 Å². The standard InChI is InChI=1S/C23H23N3O3S/c1-29-18-10-8-17(9-11-18)21(27)15-30-22-19-6-2-3-7-20(19)26(23(28)25-22)14-16-5-4-12-24-13-16/h4-5,8-13H,2-3,6-7,14-15H2,1H3. The van der Waals surface area contributed by atoms with Gasteiger partial charge in [0, 0.05) is 29.2 Å². The number of nitrogens with zero attached hydrogens (tertiary/aromatic N) is 3. The number of aromatic nitrogens is 3. The molecular formula is C23H23N3O3S. The van der Waals surface area contributed by atoms with Crippen LogP contribution in [-0.4, -0.2) is 33.2 Å². The van der Waals surface area contributed by atoms with Gasteiger partial charge in [-0.2, -0.15) is 4.98 Å². The number of hydrogen-bond acceptors (Lipinski definition) is 6. The number of thioether (sulfide) groups is 1. The molecule has 0 atom stereocenters. The van der Waals surface area contributed by atoms with Crippen molar-refractivity contribution < 1.29 is 9.53 Å². The van der Waals surface area contributed by atoms with E-state index in [9.17, 15) is 9.59 Å². The van der Waals surface area contributed by atoms with Gasteiger partial charge in [-0.05, 0) is 61.6 Å². The molecule has 154 valence electrons. The molecule has 0 amide bonds. The summed E-state index contributed by atoms with van der Waals surface area (Å²) in [6.07, 6.45) is 7.36. The van der Waals surface area contributed by atoms with Crippen molar-refractivity contribution in [3.05, 3.63) is 81.7 Å². The summed E-state index contributed by atoms with van der Waals surface area (Å²) < 4.78 is 6.90. The van der Waals surface area contributed by atoms with Gasteiger partial charge in [-0.25, -0.2) is 4.79 Å². The van der Waals surface area contributed by atoms with Crippen LogP contribution in [-0.2, 0) is 19.4 Å². The van der Waals surface area contributed by atoms with E-state index in [1.807, 2.05) is 12.1 Å². The van der Waals surface area contributed by atoms with Gasteiger partial charge >= 0.3 is 5.69 Å². The molecule has 0 N–H and O–H groups in total. The molecule has 2 heterocycles. The van der Waals surface area contributed by atoms with Crippen LogP contribution < -0.4 is 10.4 Å². The number of ether oxygens (including phenoxy) is 1. The first-order valence-electron chi connectivity index (χ1n) is 9.97. The van der Waals surface area contributed by atoms with Crippen molar-refractivity contribution in [1.29, 1.82) is 0 Å². The first-order chi connectivity index (χ1) is 14.7. The first kappa shape index (κ1) is 20.3. The van der Waals surface area contributed by atoms with Gasteiger partial charge in [0.05, 0.1) is 19.4 Å². The summed E-state index contributed by atoms with van der Waals surface area (Å²) in [6.45, 7) is 0.470. The molecule has 0 saturated heterocycles. The zero-order chi connectivity index (χ0) is 20.9. The summed E-state index contributed by atoms with van der Waals surface area (Å²) in [7, 11) is 1.60. The Balaban J connectivity index is 1.57. The second-order valence-electron chi connectivity index (χ2n) is 7.22. The van der Waals surface area contributed by atoms with Crippen LogP contribution in [0.25, 0.3) is 0 Å². The first-order valence-corrected chi connectivity index (χ1v) is 11.0. The average Bonchev–Trinajstić information content (AvgIpc) is 2.80. The Bertz CT molecular complexity index is 1100. The second-order valence-corrected chi connectivity index (χ2v) is 8.18. The van der Waals surface area contributed by atoms with E-state index < -0.39 is 0 Å². The minimum Gasteiger partial charge on any atom is -0.497 e. The van der Waals surface area contributed by atoms with Crippen molar-refractivity contribution in [2.45, 2.75) is 37.3 Å². The lowest BCUT2D eigenvalue weighted by atomic mass is 9.97. The highest BCUT2D eigenvalue weighted by molar-refractivity contribution is 8.00. The van der Waals surface area contributed by atoms with Crippen LogP contribution in [0.2, 0.25) is 0 Å². The minimum atomic E-state index is -0.265. The Morgan fingerprint density at radius 2 is 1.97 bits per heavy atom. The normalized spacial score (nSPS) is 13.0. The zero-order valence-corrected chi connectivity index (χ0v) is 17.7. The van der Waals surface area contributed by atoms with Gasteiger partial charge in [0.15, 0.2) is 5.78 Å². The lowest BCUT2D eigenvalue weighted by molar-refractivity contribution is 0.102. The predicted molar refractivity (Wildman–Crippen MR) is 117 cm³/mol. The Labute approximate surface area is 179 Å². The van der Waals surface area contributed by atoms with Crippen LogP contribution in [0.15, 0.2) is 58.6 Å². The van der Waals surface area contributed by atoms with Crippen LogP contribution in [0.1, 0.15) is 40.0 Å². The smallest absolute Gasteiger partial charge is 0.349 e. The second kappa shape index (κ2) is 9.26. The molecule has 7 heteroatoms. The van der Waals surface area contributed by atoms with Crippen LogP contribution in [0, 0.1) is 0 Å². The van der Waals surface area contributed by atoms with Gasteiger partial charge in [-0.3, -0.25) is 14.3 Å². The average molecular weight is 422 g/mol. The molecule has 0 saturated carbocycles. The van der Waals surface area contributed by atoms with E-state index in [1.54, 1.807) is 48.3 Å². The number of ketones is 1. The molecule has 30 heavy (non-hydrogen) atoms. The maximum atomic E-state index is 12.8. The number of carbonyl (C=O) groups is 1. The number of hydrogen-bond donors (Lipinski definition) is 0. The molecule has 4 rings (SSSR count). The van der Waals surface area contributed by atoms with Crippen LogP contribution in [0.4, 0.5) is 0 Å². The number of methoxy groups -OCH3 is 1. The molecule has 1 aromatic carbocycles. The van der Waals surface area contributed by atoms with Crippen molar-refractivity contribution in [2.24, 2.45) is 0 Å². The maximum Gasteiger partial charge on any atom is 0.349 e. The third-order valence-electron chi connectivity index (χ3n) is 5.27. The summed E-state index contributed by atoms with van der Waals surface area (Å²) in [5.41, 5.74) is 3.49. The van der Waals surface area contributed by atoms with E-state index in [-0.39, 0.29) is 17.2 Å². The molecule has 0 fully saturated rings. The largest absolute Gasteiger partial charge is 0.497 e. The van der Waals surface area contributed by atoms with Gasteiger partial charge in [-0.15, -0.1) is 0 Å². The molecule has 6 nitrogen and oxygen atoms in total. The highest BCUT2D eigenvalue weighted by Crippen LogP contribution is 2.29. The molecule has 0 radical (unpaired) electrons. The molecule has 2 aromatic heterocycles. The molecule has 0 bridgehead atoms. The molecule has 0 spiro atoms. The highest BCUT2D eigenvalue weighted by Gasteiger charge is 2.21. The number of fused-ring (bicyclic) bond motifs is 1. The van der Waals surface area contributed by atoms with Crippen molar-refractivity contribution in [1.82, 2.24) is 14.5 Å². The third kappa shape index (κ3) is 4.46. The SMILES string of the molecule is COc1ccc(C(=O)CSc2nc(=O)n(Cc3cccnc3)c3c2CCCC3)cc1. The molecule has 1 aliphatic rings. The Hall–Kier alpha value is -2.93. The lowest BCUT2D eigenvalue weighted by Gasteiger charge is -2.22. The maximum absolute atomic E-state index is 12.8. The zero-order valence-electron chi connectivity index (χ0n) is 16.8. The van der Waals surface area contributed by atoms with E-state index in [0.29, 0.717) is 22.9 Å². The van der Waals surface area contributed by atoms with Crippen LogP contribution in [0.5, 0.6) is 5.75 Å². The van der Waals surface area contributed by atoms with E-state index in [4.69, 9.17) is 4.74 Å². The van der Waals surface area contributed by atoms with Gasteiger partial charge in [0.25, 0.3) is 0 Å². The monoisotopic (exact) mass is 421 g/mol. The van der Waals surface area contributed by atoms with Crippen LogP contribution >= 0.6 is 11.8 Å². The highest BCUT2D eigenvalue weighted by atomic mass is 32.2. The number of benzene rings is 1. The van der Waals surface area contributed by atoms with E-state index in [0.717, 1.165) is 42.5 Å². The molecule has 1 aliphatic carbocycles. The summed E-state index contributed by atoms with van der Waals surface area (Å²) in [6, 6.07) is 10.9. The van der Waals surface area contributed by atoms with Crippen molar-refractivity contribution in [3.63, 3.8) is 0 Å². The van der Waals surface area contributed by atoms with Crippen molar-refractivity contribution in [2.75, 3.05) is 12.9 Å². The number of carbonyl (C=O) groups excluding carboxylic acids is 1. The van der Waals surface area contributed by atoms with Crippen molar-refractivity contribution in [3.8, 4) is 5.75 Å². The summed E-state index contributed by atoms with van der Waals surface area (Å²) in [5.74, 6) is 0.971. The van der Waals surface area contributed by atoms with Gasteiger partial charge in [0.2, 0.25) is 0 Å². The van der Waals surface area contributed by atoms with Crippen LogP contribution in [0.3, 0.4) is 0 Å². The summed E-state index contributed by atoms with van der Waals surface area (Å²) in [5, 5.41) is 0.694. The van der Waals surface area contributed by atoms with Gasteiger partial charge < -0.3 is 4.74 Å². The molecule has 0 unspecified atom stereocenters. The quantitative estimate of drug-likeness (QED) is 0.330. The Kier molecular flexibility index (Phi) is 6.28. The Morgan fingerprint density at radius 1 is 1.17 bits per heavy atom. The number of rotatable bonds is 7. The third-order valence-corrected chi connectivity index (χ3v) is 6.28. The van der Waals surface area contributed by atoms with E-state index in [1.165, 1.54) is 11.8 Å². The number of pyridine rings is 1. The lowest BCUT2D eigenvalue weighted by Crippen LogP contribution is -2.30. The summed E-state index contributed by atoms with van der Waals surface area (Å²) in [4.78, 5) is 33.9. The van der Waals surface area contributed by atoms with E-state index >= 15 is 0 Å². The predicted octanol–water partition coefficient (Wildman–Crippen LogP) is 3.55. The number of Topliss-reactive ketones (excluding diaryl/α,β-unsaturated/α-hetero) is 1. The fraction of sp³-hybridized carbons (Fsp3) is 0.304. The fourth-order valence-corrected chi connectivity index (χ4v) is 4.67. The minimum absolute atomic E-state index is 0.00792. The molecule has 3 aromatic rings. The topological polar surface area (TPSA) is 74.1 Å². The molecule has 0 aliphatic heterocycles.